The summed E-state index contributed by atoms with van der Waals surface area (Å²) >= 11 is 0. The van der Waals surface area contributed by atoms with E-state index in [-0.39, 0.29) is 72.7 Å². The van der Waals surface area contributed by atoms with Gasteiger partial charge in [0.1, 0.15) is 59.7 Å². The summed E-state index contributed by atoms with van der Waals surface area (Å²) in [6, 6.07) is 7.14. The highest BCUT2D eigenvalue weighted by molar-refractivity contribution is 6.31. The van der Waals surface area contributed by atoms with Crippen LogP contribution in [0.1, 0.15) is 141 Å². The minimum atomic E-state index is -2.46. The number of aliphatic hydroxyl groups excluding tert-OH is 2. The number of rotatable bonds is 24. The van der Waals surface area contributed by atoms with E-state index in [1.807, 2.05) is 20.8 Å². The molecule has 454 valence electrons. The van der Waals surface area contributed by atoms with Gasteiger partial charge in [-0.3, -0.25) is 47.9 Å². The van der Waals surface area contributed by atoms with E-state index in [4.69, 9.17) is 14.2 Å². The van der Waals surface area contributed by atoms with Crippen molar-refractivity contribution in [2.75, 3.05) is 33.4 Å². The molecule has 0 saturated carbocycles. The second-order valence-corrected chi connectivity index (χ2v) is 22.2. The normalized spacial score (nSPS) is 22.7. The van der Waals surface area contributed by atoms with Crippen molar-refractivity contribution < 1.29 is 87.7 Å². The molecule has 0 unspecified atom stereocenters. The van der Waals surface area contributed by atoms with Gasteiger partial charge in [0, 0.05) is 55.8 Å². The van der Waals surface area contributed by atoms with Crippen molar-refractivity contribution in [2.45, 2.75) is 159 Å². The first kappa shape index (κ1) is 63.7. The first-order chi connectivity index (χ1) is 39.9. The topological polar surface area (TPSA) is 375 Å². The third-order valence-electron chi connectivity index (χ3n) is 15.6. The van der Waals surface area contributed by atoms with E-state index in [0.717, 1.165) is 0 Å². The van der Waals surface area contributed by atoms with Gasteiger partial charge in [-0.05, 0) is 50.2 Å². The average molecular weight is 1170 g/mol. The summed E-state index contributed by atoms with van der Waals surface area (Å²) in [6.45, 7) is 6.52. The van der Waals surface area contributed by atoms with Gasteiger partial charge in [-0.2, -0.15) is 0 Å². The van der Waals surface area contributed by atoms with E-state index in [9.17, 15) is 73.5 Å². The first-order valence-corrected chi connectivity index (χ1v) is 28.2. The maximum atomic E-state index is 14.6. The number of likely N-dealkylation sites (tertiary alicyclic amines) is 1. The third kappa shape index (κ3) is 14.4. The number of aliphatic hydroxyl groups is 3. The molecule has 84 heavy (non-hydrogen) atoms. The number of hydrogen-bond acceptors (Lipinski definition) is 18. The van der Waals surface area contributed by atoms with Gasteiger partial charge in [0.2, 0.25) is 47.1 Å². The summed E-state index contributed by atoms with van der Waals surface area (Å²) < 4.78 is 17.8. The first-order valence-electron chi connectivity index (χ1n) is 28.2. The molecule has 7 amide bonds. The van der Waals surface area contributed by atoms with Crippen molar-refractivity contribution in [1.29, 1.82) is 0 Å². The van der Waals surface area contributed by atoms with Crippen LogP contribution in [0.4, 0.5) is 0 Å². The van der Waals surface area contributed by atoms with Crippen LogP contribution in [0.5, 0.6) is 17.2 Å². The number of phenolic OH excluding ortho intramolecular Hbond substituents is 2. The average Bonchev–Trinajstić information content (AvgIpc) is 3.46. The van der Waals surface area contributed by atoms with Gasteiger partial charge in [0.15, 0.2) is 17.9 Å². The van der Waals surface area contributed by atoms with Gasteiger partial charge in [0.25, 0.3) is 0 Å². The number of Topliss-reactive ketones (excluding diaryl/α,β-unsaturated/α-hetero) is 1. The monoisotopic (exact) mass is 1170 g/mol. The molecule has 2 heterocycles. The number of aromatic hydroxyl groups is 2. The number of phenols is 2. The Balaban J connectivity index is 1.07. The van der Waals surface area contributed by atoms with Crippen molar-refractivity contribution in [1.82, 2.24) is 36.8 Å². The van der Waals surface area contributed by atoms with E-state index in [1.165, 1.54) is 44.1 Å². The predicted molar refractivity (Wildman–Crippen MR) is 297 cm³/mol. The molecule has 2 saturated heterocycles. The molecule has 0 radical (unpaired) electrons. The lowest BCUT2D eigenvalue weighted by Gasteiger charge is -2.43. The van der Waals surface area contributed by atoms with Gasteiger partial charge in [0.05, 0.1) is 55.1 Å². The van der Waals surface area contributed by atoms with Crippen LogP contribution in [0.25, 0.3) is 0 Å². The molecule has 4 aliphatic rings. The number of carbonyl (C=O) groups excluding carboxylic acids is 10. The van der Waals surface area contributed by atoms with Crippen molar-refractivity contribution in [3.8, 4) is 17.2 Å². The van der Waals surface area contributed by atoms with E-state index in [1.54, 1.807) is 30.3 Å². The Hall–Kier alpha value is -7.84. The molecular formula is C59H75N7O18. The highest BCUT2D eigenvalue weighted by Gasteiger charge is 2.51. The molecular weight excluding hydrogens is 1090 g/mol. The summed E-state index contributed by atoms with van der Waals surface area (Å²) in [5.74, 6) is -8.96. The Bertz CT molecular complexity index is 3030. The zero-order valence-corrected chi connectivity index (χ0v) is 47.8. The van der Waals surface area contributed by atoms with Gasteiger partial charge >= 0.3 is 0 Å². The molecule has 10 atom stereocenters. The van der Waals surface area contributed by atoms with E-state index in [2.05, 4.69) is 31.9 Å². The zero-order valence-electron chi connectivity index (χ0n) is 47.8. The number of amides is 7. The number of methoxy groups -OCH3 is 1. The summed E-state index contributed by atoms with van der Waals surface area (Å²) in [6.07, 6.45) is -5.15. The number of nitrogens with zero attached hydrogens (tertiary/aromatic N) is 1. The standard InChI is InChI=1S/C59H75N7O18/c1-7-8-17-35(62-43(70)26-61-55(77)37(21-29(2)3)65-58(80)39-18-13-20-66(39)44(71)27-60-31(5)68)56(78)64-38(22-32-14-10-9-11-15-32)57(79)63-36-23-45(83-30(4)50(36)72)84-41-25-59(81,42(69)28-67)24-34-47(41)54(76)49-48(52(34)74)51(73)33-16-12-19-40(82-6)46(33)53(49)75/h9-12,14-16,19,29-30,35-39,41,45,50,67,72,74,76,81H,7-8,13,17-18,20-28H2,1-6H3,(H,60,68)(H,61,77)(H,62,70)(H,63,79)(H,64,78)(H,65,80)/t30-,35-,36-,37-,38-,39-,41-,45-,50+,59-/m0/s1. The Morgan fingerprint density at radius 3 is 2.23 bits per heavy atom. The summed E-state index contributed by atoms with van der Waals surface area (Å²) in [5, 5.41) is 73.1. The van der Waals surface area contributed by atoms with Crippen LogP contribution in [0.2, 0.25) is 0 Å². The predicted octanol–water partition coefficient (Wildman–Crippen LogP) is 0.336. The fourth-order valence-corrected chi connectivity index (χ4v) is 11.3. The molecule has 3 aromatic carbocycles. The van der Waals surface area contributed by atoms with Gasteiger partial charge in [-0.25, -0.2) is 0 Å². The second kappa shape index (κ2) is 27.7. The van der Waals surface area contributed by atoms with Crippen LogP contribution < -0.4 is 36.6 Å². The fourth-order valence-electron chi connectivity index (χ4n) is 11.3. The van der Waals surface area contributed by atoms with Crippen LogP contribution in [0.15, 0.2) is 48.5 Å². The van der Waals surface area contributed by atoms with Crippen LogP contribution in [0, 0.1) is 5.92 Å². The summed E-state index contributed by atoms with van der Waals surface area (Å²) in [7, 11) is 1.28. The molecule has 25 heteroatoms. The zero-order chi connectivity index (χ0) is 61.3. The maximum Gasteiger partial charge on any atom is 0.243 e. The SMILES string of the molecule is CCCC[C@H](NC(=O)CNC(=O)[C@H](CC(C)C)NC(=O)[C@@H]1CCCN1C(=O)CNC(C)=O)C(=O)N[C@@H](Cc1ccccc1)C(=O)N[C@H]1C[C@H](O[C@H]2C[C@](O)(C(=O)CO)Cc3c(O)c4c(c(O)c32)C(=O)c2c(OC)cccc2C4=O)O[C@@H](C)[C@H]1O. The maximum absolute atomic E-state index is 14.6. The number of fused-ring (bicyclic) bond motifs is 3. The lowest BCUT2D eigenvalue weighted by molar-refractivity contribution is -0.249. The van der Waals surface area contributed by atoms with Crippen molar-refractivity contribution in [3.63, 3.8) is 0 Å². The molecule has 2 aliphatic carbocycles. The molecule has 2 aliphatic heterocycles. The Morgan fingerprint density at radius 2 is 1.56 bits per heavy atom. The van der Waals surface area contributed by atoms with Gasteiger partial charge in [-0.15, -0.1) is 0 Å². The number of ketones is 3. The minimum Gasteiger partial charge on any atom is -0.507 e. The molecule has 11 N–H and O–H groups in total. The molecule has 2 fully saturated rings. The lowest BCUT2D eigenvalue weighted by atomic mass is 9.72. The highest BCUT2D eigenvalue weighted by Crippen LogP contribution is 2.52. The quantitative estimate of drug-likeness (QED) is 0.0421. The number of benzene rings is 3. The molecule has 3 aromatic rings. The van der Waals surface area contributed by atoms with E-state index >= 15 is 0 Å². The van der Waals surface area contributed by atoms with Crippen molar-refractivity contribution >= 4 is 58.7 Å². The van der Waals surface area contributed by atoms with Crippen LogP contribution in [0.3, 0.4) is 0 Å². The van der Waals surface area contributed by atoms with Gasteiger partial charge in [-0.1, -0.05) is 76.1 Å². The van der Waals surface area contributed by atoms with Crippen molar-refractivity contribution in [3.05, 3.63) is 87.5 Å². The molecule has 7 rings (SSSR count). The van der Waals surface area contributed by atoms with Gasteiger partial charge < -0.3 is 76.5 Å². The summed E-state index contributed by atoms with van der Waals surface area (Å²) in [4.78, 5) is 137. The molecule has 25 nitrogen and oxygen atoms in total. The van der Waals surface area contributed by atoms with Crippen LogP contribution >= 0.6 is 0 Å². The summed E-state index contributed by atoms with van der Waals surface area (Å²) in [5.41, 5.74) is -3.95. The Kier molecular flexibility index (Phi) is 21.0. The van der Waals surface area contributed by atoms with Crippen LogP contribution in [-0.4, -0.2) is 177 Å². The number of hydrogen-bond donors (Lipinski definition) is 11. The Morgan fingerprint density at radius 1 is 0.845 bits per heavy atom. The molecule has 0 spiro atoms. The number of nitrogens with one attached hydrogen (secondary N) is 6. The van der Waals surface area contributed by atoms with Crippen LogP contribution in [-0.2, 0) is 60.7 Å². The van der Waals surface area contributed by atoms with E-state index in [0.29, 0.717) is 31.2 Å². The third-order valence-corrected chi connectivity index (χ3v) is 15.6. The number of carbonyl (C=O) groups is 10. The minimum absolute atomic E-state index is 0.00987. The lowest BCUT2D eigenvalue weighted by Crippen LogP contribution is -2.60. The highest BCUT2D eigenvalue weighted by atomic mass is 16.7. The number of ether oxygens (including phenoxy) is 3. The van der Waals surface area contributed by atoms with E-state index < -0.39 is 168 Å². The molecule has 0 aromatic heterocycles. The van der Waals surface area contributed by atoms with Crippen molar-refractivity contribution in [2.24, 2.45) is 5.92 Å². The largest absolute Gasteiger partial charge is 0.507 e. The number of unbranched alkanes of at least 4 members (excludes halogenated alkanes) is 1. The fraction of sp³-hybridized carbons (Fsp3) is 0.525. The smallest absolute Gasteiger partial charge is 0.243 e. The Labute approximate surface area is 484 Å². The molecule has 0 bridgehead atoms. The second-order valence-electron chi connectivity index (χ2n) is 22.2.